The normalized spacial score (nSPS) is 11.9. The molecule has 1 aromatic rings. The van der Waals surface area contributed by atoms with Crippen molar-refractivity contribution in [3.8, 4) is 0 Å². The third-order valence-corrected chi connectivity index (χ3v) is 10.2. The topological polar surface area (TPSA) is 208 Å². The minimum absolute atomic E-state index is 0.131. The monoisotopic (exact) mass is 991 g/mol. The van der Waals surface area contributed by atoms with Gasteiger partial charge in [0, 0.05) is 12.7 Å². The highest BCUT2D eigenvalue weighted by Gasteiger charge is 2.29. The molecule has 1 N–H and O–H groups in total. The molecule has 0 radical (unpaired) electrons. The van der Waals surface area contributed by atoms with E-state index < -0.39 is 22.9 Å². The van der Waals surface area contributed by atoms with E-state index in [2.05, 4.69) is 6.58 Å². The summed E-state index contributed by atoms with van der Waals surface area (Å²) in [5.74, 6) is -1.28. The first kappa shape index (κ1) is 67.5. The average Bonchev–Trinajstić information content (AvgIpc) is 3.34. The zero-order chi connectivity index (χ0) is 52.2. The van der Waals surface area contributed by atoms with Crippen molar-refractivity contribution in [3.63, 3.8) is 0 Å². The zero-order valence-corrected chi connectivity index (χ0v) is 44.0. The Bertz CT molecular complexity index is 1440. The molecule has 0 bridgehead atoms. The first-order valence-electron chi connectivity index (χ1n) is 24.0. The van der Waals surface area contributed by atoms with Gasteiger partial charge in [0.1, 0.15) is 32.5 Å². The Morgan fingerprint density at radius 2 is 0.783 bits per heavy atom. The molecule has 1 atom stereocenters. The Balaban J connectivity index is 0. The molecule has 0 aromatic heterocycles. The van der Waals surface area contributed by atoms with Gasteiger partial charge in [0.15, 0.2) is 0 Å². The van der Waals surface area contributed by atoms with Crippen LogP contribution in [0.2, 0.25) is 0 Å². The molecule has 0 aliphatic rings. The van der Waals surface area contributed by atoms with E-state index in [0.717, 1.165) is 18.4 Å². The van der Waals surface area contributed by atoms with Crippen molar-refractivity contribution in [1.29, 1.82) is 0 Å². The summed E-state index contributed by atoms with van der Waals surface area (Å²) in [4.78, 5) is 46.1. The van der Waals surface area contributed by atoms with Crippen LogP contribution in [-0.2, 0) is 87.4 Å². The third kappa shape index (κ3) is 39.8. The van der Waals surface area contributed by atoms with E-state index in [0.29, 0.717) is 125 Å². The molecule has 0 saturated heterocycles. The smallest absolute Gasteiger partial charge is 0.333 e. The standard InChI is InChI=1S/C25H50O11.C13H22O5.C13H18O2/c1-5-25(2,3)24(26)36-23-22-35-21-20-34-19-18-33-17-16-32-15-14-31-13-12-30-11-10-29-9-8-28-7-6-27-4;1-6-13(4,5)12(16)18-8-10(14)7-17-11(15)9(2)3;1-4-13(2,3)12(14)15-10-11-8-6-5-7-9-11/h5-23H2,1-4H3;10,14H,2,6-8H2,1,3-5H3;5-9H,4,10H2,1-3H3. The third-order valence-electron chi connectivity index (χ3n) is 10.2. The Hall–Kier alpha value is -3.56. The van der Waals surface area contributed by atoms with Crippen LogP contribution in [0.5, 0.6) is 0 Å². The molecule has 18 heteroatoms. The van der Waals surface area contributed by atoms with Crippen LogP contribution in [0.4, 0.5) is 0 Å². The van der Waals surface area contributed by atoms with Crippen molar-refractivity contribution in [2.45, 2.75) is 101 Å². The van der Waals surface area contributed by atoms with Gasteiger partial charge in [-0.3, -0.25) is 14.4 Å². The lowest BCUT2D eigenvalue weighted by Crippen LogP contribution is -2.31. The molecule has 18 nitrogen and oxygen atoms in total. The van der Waals surface area contributed by atoms with E-state index in [9.17, 15) is 24.3 Å². The maximum Gasteiger partial charge on any atom is 0.333 e. The van der Waals surface area contributed by atoms with Crippen LogP contribution >= 0.6 is 0 Å². The Morgan fingerprint density at radius 3 is 1.12 bits per heavy atom. The molecule has 0 spiro atoms. The lowest BCUT2D eigenvalue weighted by Gasteiger charge is -2.21. The van der Waals surface area contributed by atoms with E-state index in [1.54, 1.807) is 21.0 Å². The number of benzene rings is 1. The largest absolute Gasteiger partial charge is 0.463 e. The van der Waals surface area contributed by atoms with Crippen LogP contribution in [0.3, 0.4) is 0 Å². The van der Waals surface area contributed by atoms with Crippen molar-refractivity contribution in [1.82, 2.24) is 0 Å². The Kier molecular flexibility index (Phi) is 42.3. The van der Waals surface area contributed by atoms with Crippen LogP contribution in [0, 0.1) is 16.2 Å². The summed E-state index contributed by atoms with van der Waals surface area (Å²) in [6.45, 7) is 30.7. The molecule has 1 rings (SSSR count). The SMILES string of the molecule is C=C(C)C(=O)OCC(O)COC(=O)C(C)(C)CC.CCC(C)(C)C(=O)OCCOCCOCCOCCOCCOCCOCCOCCOCCOC.CCC(C)(C)C(=O)OCc1ccccc1. The van der Waals surface area contributed by atoms with Crippen LogP contribution < -0.4 is 0 Å². The molecule has 1 unspecified atom stereocenters. The van der Waals surface area contributed by atoms with Crippen molar-refractivity contribution in [2.24, 2.45) is 16.2 Å². The number of esters is 4. The summed E-state index contributed by atoms with van der Waals surface area (Å²) in [5.41, 5.74) is -0.124. The first-order valence-corrected chi connectivity index (χ1v) is 24.0. The highest BCUT2D eigenvalue weighted by atomic mass is 16.6. The average molecular weight is 991 g/mol. The second kappa shape index (κ2) is 43.2. The van der Waals surface area contributed by atoms with Gasteiger partial charge in [-0.2, -0.15) is 0 Å². The Morgan fingerprint density at radius 1 is 0.478 bits per heavy atom. The van der Waals surface area contributed by atoms with E-state index >= 15 is 0 Å². The molecule has 0 aliphatic heterocycles. The molecule has 0 heterocycles. The molecule has 0 amide bonds. The molecule has 402 valence electrons. The maximum atomic E-state index is 11.8. The van der Waals surface area contributed by atoms with Gasteiger partial charge in [0.25, 0.3) is 0 Å². The highest BCUT2D eigenvalue weighted by Crippen LogP contribution is 2.23. The summed E-state index contributed by atoms with van der Waals surface area (Å²) in [5, 5.41) is 9.48. The summed E-state index contributed by atoms with van der Waals surface area (Å²) >= 11 is 0. The van der Waals surface area contributed by atoms with Crippen LogP contribution in [0.1, 0.15) is 94.1 Å². The van der Waals surface area contributed by atoms with Gasteiger partial charge < -0.3 is 66.7 Å². The molecule has 0 fully saturated rings. The van der Waals surface area contributed by atoms with Gasteiger partial charge in [-0.25, -0.2) is 4.79 Å². The lowest BCUT2D eigenvalue weighted by atomic mass is 9.91. The number of aliphatic hydroxyl groups is 1. The maximum absolute atomic E-state index is 11.8. The van der Waals surface area contributed by atoms with Crippen molar-refractivity contribution in [2.75, 3.05) is 139 Å². The molecule has 69 heavy (non-hydrogen) atoms. The fraction of sp³-hybridized carbons (Fsp3) is 0.765. The number of carbonyl (C=O) groups is 4. The van der Waals surface area contributed by atoms with Gasteiger partial charge >= 0.3 is 23.9 Å². The number of aliphatic hydroxyl groups excluding tert-OH is 1. The van der Waals surface area contributed by atoms with E-state index in [1.807, 2.05) is 78.8 Å². The van der Waals surface area contributed by atoms with Gasteiger partial charge in [-0.1, -0.05) is 57.7 Å². The minimum Gasteiger partial charge on any atom is -0.463 e. The molecule has 0 aliphatic carbocycles. The number of rotatable bonds is 40. The Labute approximate surface area is 413 Å². The number of hydrogen-bond donors (Lipinski definition) is 1. The van der Waals surface area contributed by atoms with Crippen LogP contribution in [0.15, 0.2) is 42.5 Å². The highest BCUT2D eigenvalue weighted by molar-refractivity contribution is 5.86. The molecule has 1 aromatic carbocycles. The van der Waals surface area contributed by atoms with Crippen LogP contribution in [0.25, 0.3) is 0 Å². The number of ether oxygens (including phenoxy) is 13. The summed E-state index contributed by atoms with van der Waals surface area (Å²) in [6.07, 6.45) is 1.16. The molecular formula is C51H90O18. The zero-order valence-electron chi connectivity index (χ0n) is 44.0. The first-order chi connectivity index (χ1) is 32.8. The van der Waals surface area contributed by atoms with Gasteiger partial charge in [-0.15, -0.1) is 0 Å². The number of hydrogen-bond acceptors (Lipinski definition) is 18. The molecule has 0 saturated carbocycles. The van der Waals surface area contributed by atoms with Crippen molar-refractivity contribution in [3.05, 3.63) is 48.0 Å². The van der Waals surface area contributed by atoms with E-state index in [-0.39, 0.29) is 48.7 Å². The summed E-state index contributed by atoms with van der Waals surface area (Å²) < 4.78 is 68.2. The fourth-order valence-electron chi connectivity index (χ4n) is 4.23. The van der Waals surface area contributed by atoms with E-state index in [4.69, 9.17) is 61.6 Å². The second-order valence-electron chi connectivity index (χ2n) is 17.4. The lowest BCUT2D eigenvalue weighted by molar-refractivity contribution is -0.159. The van der Waals surface area contributed by atoms with Gasteiger partial charge in [0.2, 0.25) is 0 Å². The van der Waals surface area contributed by atoms with Crippen molar-refractivity contribution < 1.29 is 85.9 Å². The van der Waals surface area contributed by atoms with Crippen molar-refractivity contribution >= 4 is 23.9 Å². The number of methoxy groups -OCH3 is 1. The predicted molar refractivity (Wildman–Crippen MR) is 261 cm³/mol. The number of carbonyl (C=O) groups excluding carboxylic acids is 4. The quantitative estimate of drug-likeness (QED) is 0.0328. The fourth-order valence-corrected chi connectivity index (χ4v) is 4.23. The van der Waals surface area contributed by atoms with Gasteiger partial charge in [-0.05, 0) is 73.3 Å². The predicted octanol–water partition coefficient (Wildman–Crippen LogP) is 6.36. The summed E-state index contributed by atoms with van der Waals surface area (Å²) in [7, 11) is 1.64. The second-order valence-corrected chi connectivity index (χ2v) is 17.4. The van der Waals surface area contributed by atoms with Crippen LogP contribution in [-0.4, -0.2) is 174 Å². The van der Waals surface area contributed by atoms with E-state index in [1.165, 1.54) is 6.92 Å². The van der Waals surface area contributed by atoms with Gasteiger partial charge in [0.05, 0.1) is 129 Å². The minimum atomic E-state index is -1.02. The molecular weight excluding hydrogens is 901 g/mol. The summed E-state index contributed by atoms with van der Waals surface area (Å²) in [6, 6.07) is 9.72.